The molecule has 0 aliphatic carbocycles. The Hall–Kier alpha value is -3.73. The van der Waals surface area contributed by atoms with E-state index in [9.17, 15) is 0 Å². The van der Waals surface area contributed by atoms with Crippen molar-refractivity contribution in [3.8, 4) is 45.3 Å². The summed E-state index contributed by atoms with van der Waals surface area (Å²) in [6, 6.07) is 19.0. The first-order valence-electron chi connectivity index (χ1n) is 11.6. The molecule has 4 rings (SSSR count). The summed E-state index contributed by atoms with van der Waals surface area (Å²) in [6.45, 7) is 6.66. The molecule has 1 aromatic heterocycles. The van der Waals surface area contributed by atoms with E-state index >= 15 is 0 Å². The van der Waals surface area contributed by atoms with E-state index in [4.69, 9.17) is 18.9 Å². The summed E-state index contributed by atoms with van der Waals surface area (Å²) in [5, 5.41) is 1.05. The second-order valence-electron chi connectivity index (χ2n) is 9.67. The molecule has 0 N–H and O–H groups in total. The number of benzene rings is 3. The van der Waals surface area contributed by atoms with Crippen molar-refractivity contribution in [2.24, 2.45) is 7.05 Å². The van der Waals surface area contributed by atoms with Crippen molar-refractivity contribution >= 4 is 10.9 Å². The molecule has 5 heteroatoms. The molecule has 0 aliphatic heterocycles. The van der Waals surface area contributed by atoms with Crippen LogP contribution < -0.4 is 23.5 Å². The van der Waals surface area contributed by atoms with Gasteiger partial charge in [-0.05, 0) is 52.4 Å². The van der Waals surface area contributed by atoms with Crippen LogP contribution in [0.2, 0.25) is 0 Å². The summed E-state index contributed by atoms with van der Waals surface area (Å²) < 4.78 is 24.8. The Bertz CT molecular complexity index is 1370. The second kappa shape index (κ2) is 9.49. The molecule has 4 aromatic rings. The Balaban J connectivity index is 1.91. The average Bonchev–Trinajstić information content (AvgIpc) is 2.86. The highest BCUT2D eigenvalue weighted by atomic mass is 16.5. The zero-order valence-corrected chi connectivity index (χ0v) is 21.9. The van der Waals surface area contributed by atoms with Gasteiger partial charge in [-0.1, -0.05) is 45.0 Å². The lowest BCUT2D eigenvalue weighted by Crippen LogP contribution is -2.29. The van der Waals surface area contributed by atoms with E-state index < -0.39 is 0 Å². The van der Waals surface area contributed by atoms with Crippen LogP contribution in [0.25, 0.3) is 33.2 Å². The smallest absolute Gasteiger partial charge is 0.258 e. The molecule has 0 saturated heterocycles. The fourth-order valence-corrected chi connectivity index (χ4v) is 4.54. The predicted molar refractivity (Wildman–Crippen MR) is 141 cm³/mol. The van der Waals surface area contributed by atoms with Crippen molar-refractivity contribution in [2.45, 2.75) is 26.2 Å². The molecule has 0 amide bonds. The molecular weight excluding hydrogens is 438 g/mol. The molecule has 182 valence electrons. The summed E-state index contributed by atoms with van der Waals surface area (Å²) in [5.41, 5.74) is 6.49. The van der Waals surface area contributed by atoms with Crippen LogP contribution in [0.3, 0.4) is 0 Å². The van der Waals surface area contributed by atoms with Gasteiger partial charge in [-0.2, -0.15) is 4.57 Å². The maximum Gasteiger partial charge on any atom is 0.258 e. The van der Waals surface area contributed by atoms with Crippen molar-refractivity contribution in [1.82, 2.24) is 0 Å². The third-order valence-corrected chi connectivity index (χ3v) is 6.42. The van der Waals surface area contributed by atoms with Crippen LogP contribution in [0.5, 0.6) is 23.0 Å². The summed E-state index contributed by atoms with van der Waals surface area (Å²) in [5.74, 6) is 2.83. The van der Waals surface area contributed by atoms with E-state index in [-0.39, 0.29) is 5.41 Å². The molecule has 3 aromatic carbocycles. The van der Waals surface area contributed by atoms with Gasteiger partial charge >= 0.3 is 0 Å². The highest BCUT2D eigenvalue weighted by Gasteiger charge is 2.21. The molecule has 0 bridgehead atoms. The SMILES string of the molecule is COc1cc(-c2cc3ccc(OC)c(OC)c3[n+](C)c2)cc(-c2ccc(C(C)(C)C)cc2)c1OC. The van der Waals surface area contributed by atoms with Gasteiger partial charge in [0.05, 0.1) is 33.8 Å². The van der Waals surface area contributed by atoms with E-state index in [1.165, 1.54) is 5.56 Å². The number of nitrogens with zero attached hydrogens (tertiary/aromatic N) is 1. The van der Waals surface area contributed by atoms with Gasteiger partial charge < -0.3 is 18.9 Å². The Kier molecular flexibility index (Phi) is 6.62. The van der Waals surface area contributed by atoms with Crippen molar-refractivity contribution < 1.29 is 23.5 Å². The molecule has 0 aliphatic rings. The van der Waals surface area contributed by atoms with Crippen LogP contribution in [0.15, 0.2) is 60.8 Å². The summed E-state index contributed by atoms with van der Waals surface area (Å²) in [4.78, 5) is 0. The van der Waals surface area contributed by atoms with Crippen molar-refractivity contribution in [3.05, 3.63) is 66.4 Å². The van der Waals surface area contributed by atoms with Crippen molar-refractivity contribution in [3.63, 3.8) is 0 Å². The zero-order chi connectivity index (χ0) is 25.3. The molecule has 0 fully saturated rings. The Morgan fingerprint density at radius 2 is 1.29 bits per heavy atom. The minimum atomic E-state index is 0.0890. The first kappa shape index (κ1) is 24.4. The minimum absolute atomic E-state index is 0.0890. The van der Waals surface area contributed by atoms with Gasteiger partial charge in [-0.15, -0.1) is 0 Å². The Labute approximate surface area is 207 Å². The van der Waals surface area contributed by atoms with Crippen LogP contribution in [-0.2, 0) is 12.5 Å². The second-order valence-corrected chi connectivity index (χ2v) is 9.67. The minimum Gasteiger partial charge on any atom is -0.493 e. The number of methoxy groups -OCH3 is 4. The highest BCUT2D eigenvalue weighted by Crippen LogP contribution is 2.43. The summed E-state index contributed by atoms with van der Waals surface area (Å²) >= 11 is 0. The van der Waals surface area contributed by atoms with Gasteiger partial charge in [-0.3, -0.25) is 0 Å². The number of fused-ring (bicyclic) bond motifs is 1. The summed E-state index contributed by atoms with van der Waals surface area (Å²) in [6.07, 6.45) is 2.10. The lowest BCUT2D eigenvalue weighted by atomic mass is 9.86. The van der Waals surface area contributed by atoms with Gasteiger partial charge in [0, 0.05) is 11.1 Å². The van der Waals surface area contributed by atoms with Crippen LogP contribution >= 0.6 is 0 Å². The number of pyridine rings is 1. The Morgan fingerprint density at radius 1 is 0.629 bits per heavy atom. The predicted octanol–water partition coefficient (Wildman–Crippen LogP) is 6.33. The van der Waals surface area contributed by atoms with E-state index in [1.54, 1.807) is 28.4 Å². The number of ether oxygens (including phenoxy) is 4. The normalized spacial score (nSPS) is 11.4. The quantitative estimate of drug-likeness (QED) is 0.308. The molecule has 35 heavy (non-hydrogen) atoms. The van der Waals surface area contributed by atoms with Gasteiger partial charge in [0.25, 0.3) is 5.52 Å². The van der Waals surface area contributed by atoms with Crippen LogP contribution in [0.1, 0.15) is 26.3 Å². The van der Waals surface area contributed by atoms with E-state index in [1.807, 2.05) is 25.2 Å². The highest BCUT2D eigenvalue weighted by molar-refractivity contribution is 5.89. The first-order valence-corrected chi connectivity index (χ1v) is 11.6. The zero-order valence-electron chi connectivity index (χ0n) is 21.9. The molecular formula is C30H34NO4+. The number of rotatable bonds is 6. The van der Waals surface area contributed by atoms with E-state index in [0.29, 0.717) is 17.2 Å². The maximum atomic E-state index is 5.80. The van der Waals surface area contributed by atoms with Crippen LogP contribution in [-0.4, -0.2) is 28.4 Å². The fourth-order valence-electron chi connectivity index (χ4n) is 4.54. The van der Waals surface area contributed by atoms with Gasteiger partial charge in [0.2, 0.25) is 5.75 Å². The number of hydrogen-bond donors (Lipinski definition) is 0. The van der Waals surface area contributed by atoms with Crippen LogP contribution in [0, 0.1) is 0 Å². The van der Waals surface area contributed by atoms with Gasteiger partial charge in [0.15, 0.2) is 23.4 Å². The Morgan fingerprint density at radius 3 is 1.86 bits per heavy atom. The molecule has 0 saturated carbocycles. The first-order chi connectivity index (χ1) is 16.7. The number of hydrogen-bond acceptors (Lipinski definition) is 4. The number of aromatic nitrogens is 1. The third kappa shape index (κ3) is 4.51. The molecule has 0 unspecified atom stereocenters. The van der Waals surface area contributed by atoms with E-state index in [2.05, 4.69) is 67.9 Å². The third-order valence-electron chi connectivity index (χ3n) is 6.42. The lowest BCUT2D eigenvalue weighted by molar-refractivity contribution is -0.644. The summed E-state index contributed by atoms with van der Waals surface area (Å²) in [7, 11) is 8.68. The monoisotopic (exact) mass is 472 g/mol. The fraction of sp³-hybridized carbons (Fsp3) is 0.300. The topological polar surface area (TPSA) is 40.8 Å². The molecule has 0 radical (unpaired) electrons. The molecule has 0 atom stereocenters. The largest absolute Gasteiger partial charge is 0.493 e. The van der Waals surface area contributed by atoms with Crippen molar-refractivity contribution in [1.29, 1.82) is 0 Å². The van der Waals surface area contributed by atoms with Gasteiger partial charge in [-0.25, -0.2) is 0 Å². The molecule has 5 nitrogen and oxygen atoms in total. The molecule has 0 spiro atoms. The maximum absolute atomic E-state index is 5.80. The van der Waals surface area contributed by atoms with Crippen molar-refractivity contribution in [2.75, 3.05) is 28.4 Å². The average molecular weight is 473 g/mol. The lowest BCUT2D eigenvalue weighted by Gasteiger charge is -2.20. The van der Waals surface area contributed by atoms with E-state index in [0.717, 1.165) is 38.9 Å². The standard InChI is InChI=1S/C30H34NO4/c1-30(2,3)23-12-9-19(10-13-23)24-16-21(17-26(33-6)28(24)34-7)22-15-20-11-14-25(32-5)29(35-8)27(20)31(4)18-22/h9-18H,1-8H3/q+1. The molecule has 1 heterocycles. The van der Waals surface area contributed by atoms with Gasteiger partial charge in [0.1, 0.15) is 7.05 Å². The van der Waals surface area contributed by atoms with Crippen LogP contribution in [0.4, 0.5) is 0 Å². The number of aryl methyl sites for hydroxylation is 1.